The zero-order chi connectivity index (χ0) is 13.8. The summed E-state index contributed by atoms with van der Waals surface area (Å²) in [4.78, 5) is 0. The highest BCUT2D eigenvalue weighted by Crippen LogP contribution is 2.39. The zero-order valence-corrected chi connectivity index (χ0v) is 13.2. The molecule has 1 N–H and O–H groups in total. The molecule has 1 aromatic heterocycles. The Labute approximate surface area is 120 Å². The number of methoxy groups -OCH3 is 1. The second-order valence-electron chi connectivity index (χ2n) is 5.22. The summed E-state index contributed by atoms with van der Waals surface area (Å²) < 4.78 is 7.63. The molecule has 0 spiro atoms. The lowest BCUT2D eigenvalue weighted by Crippen LogP contribution is -2.31. The van der Waals surface area contributed by atoms with Crippen molar-refractivity contribution in [1.29, 1.82) is 0 Å². The molecule has 2 atom stereocenters. The van der Waals surface area contributed by atoms with E-state index < -0.39 is 0 Å². The predicted octanol–water partition coefficient (Wildman–Crippen LogP) is 3.02. The van der Waals surface area contributed by atoms with E-state index in [0.717, 1.165) is 12.3 Å². The van der Waals surface area contributed by atoms with Crippen molar-refractivity contribution in [3.8, 4) is 5.75 Å². The van der Waals surface area contributed by atoms with Crippen LogP contribution in [-0.2, 0) is 0 Å². The molecule has 1 aromatic rings. The van der Waals surface area contributed by atoms with Crippen LogP contribution >= 0.6 is 11.8 Å². The van der Waals surface area contributed by atoms with Crippen molar-refractivity contribution in [2.45, 2.75) is 50.9 Å². The maximum atomic E-state index is 5.53. The van der Waals surface area contributed by atoms with Crippen molar-refractivity contribution >= 4 is 11.8 Å². The van der Waals surface area contributed by atoms with Gasteiger partial charge < -0.3 is 10.1 Å². The third kappa shape index (κ3) is 3.08. The van der Waals surface area contributed by atoms with Crippen LogP contribution in [0, 0.1) is 0 Å². The first-order chi connectivity index (χ1) is 9.19. The van der Waals surface area contributed by atoms with Crippen molar-refractivity contribution in [2.75, 3.05) is 19.4 Å². The molecule has 108 valence electrons. The molecular formula is C14H25N3OS. The molecule has 5 heteroatoms. The van der Waals surface area contributed by atoms with E-state index in [1.54, 1.807) is 7.11 Å². The van der Waals surface area contributed by atoms with Gasteiger partial charge in [-0.1, -0.05) is 6.92 Å². The summed E-state index contributed by atoms with van der Waals surface area (Å²) in [7, 11) is 1.73. The minimum Gasteiger partial charge on any atom is -0.493 e. The van der Waals surface area contributed by atoms with Gasteiger partial charge in [-0.05, 0) is 39.0 Å². The smallest absolute Gasteiger partial charge is 0.161 e. The van der Waals surface area contributed by atoms with Crippen LogP contribution in [0.3, 0.4) is 0 Å². The van der Waals surface area contributed by atoms with E-state index >= 15 is 0 Å². The number of hydrogen-bond acceptors (Lipinski definition) is 4. The number of nitrogens with zero attached hydrogens (tertiary/aromatic N) is 2. The van der Waals surface area contributed by atoms with Gasteiger partial charge in [0.15, 0.2) is 5.75 Å². The van der Waals surface area contributed by atoms with Crippen molar-refractivity contribution in [1.82, 2.24) is 15.1 Å². The van der Waals surface area contributed by atoms with E-state index in [-0.39, 0.29) is 0 Å². The van der Waals surface area contributed by atoms with E-state index in [9.17, 15) is 0 Å². The fraction of sp³-hybridized carbons (Fsp3) is 0.786. The average molecular weight is 283 g/mol. The van der Waals surface area contributed by atoms with E-state index in [1.165, 1.54) is 24.3 Å². The maximum absolute atomic E-state index is 5.53. The van der Waals surface area contributed by atoms with Gasteiger partial charge in [-0.25, -0.2) is 0 Å². The molecule has 0 aromatic carbocycles. The van der Waals surface area contributed by atoms with Gasteiger partial charge in [-0.2, -0.15) is 16.9 Å². The summed E-state index contributed by atoms with van der Waals surface area (Å²) in [6.45, 7) is 7.46. The van der Waals surface area contributed by atoms with Crippen molar-refractivity contribution in [2.24, 2.45) is 0 Å². The molecule has 0 radical (unpaired) electrons. The van der Waals surface area contributed by atoms with E-state index in [0.29, 0.717) is 17.3 Å². The summed E-state index contributed by atoms with van der Waals surface area (Å²) in [5.74, 6) is 2.18. The molecular weight excluding hydrogens is 258 g/mol. The number of rotatable bonds is 6. The molecule has 0 saturated carbocycles. The normalized spacial score (nSPS) is 21.0. The predicted molar refractivity (Wildman–Crippen MR) is 81.1 cm³/mol. The Balaban J connectivity index is 2.35. The Morgan fingerprint density at radius 3 is 2.89 bits per heavy atom. The highest BCUT2D eigenvalue weighted by molar-refractivity contribution is 8.00. The lowest BCUT2D eigenvalue weighted by molar-refractivity contribution is 0.380. The quantitative estimate of drug-likeness (QED) is 0.871. The minimum atomic E-state index is 0.331. The molecule has 1 fully saturated rings. The van der Waals surface area contributed by atoms with Crippen molar-refractivity contribution in [3.05, 3.63) is 11.9 Å². The van der Waals surface area contributed by atoms with Gasteiger partial charge in [-0.3, -0.25) is 4.68 Å². The minimum absolute atomic E-state index is 0.331. The maximum Gasteiger partial charge on any atom is 0.161 e. The van der Waals surface area contributed by atoms with Crippen LogP contribution in [0.5, 0.6) is 5.75 Å². The number of thioether (sulfide) groups is 1. The van der Waals surface area contributed by atoms with Crippen LogP contribution in [-0.4, -0.2) is 34.4 Å². The molecule has 0 bridgehead atoms. The molecule has 1 aliphatic heterocycles. The monoisotopic (exact) mass is 283 g/mol. The Kier molecular flexibility index (Phi) is 5.16. The summed E-state index contributed by atoms with van der Waals surface area (Å²) >= 11 is 2.07. The van der Waals surface area contributed by atoms with Crippen molar-refractivity contribution < 1.29 is 4.74 Å². The largest absolute Gasteiger partial charge is 0.493 e. The molecule has 2 rings (SSSR count). The Bertz CT molecular complexity index is 399. The molecule has 0 aliphatic carbocycles. The molecule has 1 saturated heterocycles. The van der Waals surface area contributed by atoms with Crippen LogP contribution in [0.4, 0.5) is 0 Å². The molecule has 0 amide bonds. The van der Waals surface area contributed by atoms with Gasteiger partial charge in [0.2, 0.25) is 0 Å². The fourth-order valence-electron chi connectivity index (χ4n) is 2.71. The first kappa shape index (κ1) is 14.7. The molecule has 1 aliphatic rings. The van der Waals surface area contributed by atoms with Crippen LogP contribution in [0.25, 0.3) is 0 Å². The highest BCUT2D eigenvalue weighted by Gasteiger charge is 2.32. The molecule has 19 heavy (non-hydrogen) atoms. The molecule has 2 unspecified atom stereocenters. The molecule has 4 nitrogen and oxygen atoms in total. The van der Waals surface area contributed by atoms with Crippen LogP contribution in [0.1, 0.15) is 51.4 Å². The highest BCUT2D eigenvalue weighted by atomic mass is 32.2. The number of aromatic nitrogens is 2. The SMILES string of the molecule is CCNC(c1c(OC)cnn1C(C)C)C1CCCS1. The average Bonchev–Trinajstić information content (AvgIpc) is 3.04. The number of hydrogen-bond donors (Lipinski definition) is 1. The van der Waals surface area contributed by atoms with Crippen molar-refractivity contribution in [3.63, 3.8) is 0 Å². The third-order valence-corrected chi connectivity index (χ3v) is 5.02. The van der Waals surface area contributed by atoms with Crippen LogP contribution in [0.15, 0.2) is 6.20 Å². The van der Waals surface area contributed by atoms with E-state index in [4.69, 9.17) is 4.74 Å². The standard InChI is InChI=1S/C14H25N3OS/c1-5-15-13(12-7-6-8-19-12)14-11(18-4)9-16-17(14)10(2)3/h9-10,12-13,15H,5-8H2,1-4H3. The lowest BCUT2D eigenvalue weighted by atomic mass is 10.0. The second-order valence-corrected chi connectivity index (χ2v) is 6.57. The Hall–Kier alpha value is -0.680. The van der Waals surface area contributed by atoms with E-state index in [2.05, 4.69) is 47.6 Å². The molecule has 2 heterocycles. The second kappa shape index (κ2) is 6.66. The van der Waals surface area contributed by atoms with Crippen LogP contribution < -0.4 is 10.1 Å². The summed E-state index contributed by atoms with van der Waals surface area (Å²) in [5.41, 5.74) is 1.21. The van der Waals surface area contributed by atoms with E-state index in [1.807, 2.05) is 6.20 Å². The summed E-state index contributed by atoms with van der Waals surface area (Å²) in [6.07, 6.45) is 4.43. The summed E-state index contributed by atoms with van der Waals surface area (Å²) in [6, 6.07) is 0.684. The van der Waals surface area contributed by atoms with Gasteiger partial charge in [0.25, 0.3) is 0 Å². The Morgan fingerprint density at radius 2 is 2.37 bits per heavy atom. The first-order valence-corrected chi connectivity index (χ1v) is 8.20. The first-order valence-electron chi connectivity index (χ1n) is 7.15. The van der Waals surface area contributed by atoms with Gasteiger partial charge >= 0.3 is 0 Å². The van der Waals surface area contributed by atoms with Gasteiger partial charge in [0.1, 0.15) is 0 Å². The number of ether oxygens (including phenoxy) is 1. The van der Waals surface area contributed by atoms with Gasteiger partial charge in [0.05, 0.1) is 25.0 Å². The van der Waals surface area contributed by atoms with Gasteiger partial charge in [0, 0.05) is 11.3 Å². The topological polar surface area (TPSA) is 39.1 Å². The number of nitrogens with one attached hydrogen (secondary N) is 1. The zero-order valence-electron chi connectivity index (χ0n) is 12.3. The third-order valence-electron chi connectivity index (χ3n) is 3.56. The van der Waals surface area contributed by atoms with Gasteiger partial charge in [-0.15, -0.1) is 0 Å². The lowest BCUT2D eigenvalue weighted by Gasteiger charge is -2.26. The summed E-state index contributed by atoms with van der Waals surface area (Å²) in [5, 5.41) is 8.77. The van der Waals surface area contributed by atoms with Crippen LogP contribution in [0.2, 0.25) is 0 Å². The fourth-order valence-corrected chi connectivity index (χ4v) is 4.10. The Morgan fingerprint density at radius 1 is 1.58 bits per heavy atom.